The number of rotatable bonds is 16. The molecule has 0 aromatic heterocycles. The zero-order chi connectivity index (χ0) is 17.3. The van der Waals surface area contributed by atoms with E-state index in [-0.39, 0.29) is 6.29 Å². The van der Waals surface area contributed by atoms with Crippen molar-refractivity contribution >= 4 is 0 Å². The lowest BCUT2D eigenvalue weighted by atomic mass is 9.98. The lowest BCUT2D eigenvalue weighted by Gasteiger charge is -2.19. The van der Waals surface area contributed by atoms with Crippen LogP contribution in [0.3, 0.4) is 0 Å². The first-order chi connectivity index (χ1) is 11.9. The Kier molecular flexibility index (Phi) is 14.6. The summed E-state index contributed by atoms with van der Waals surface area (Å²) in [7, 11) is 0. The summed E-state index contributed by atoms with van der Waals surface area (Å²) in [4.78, 5) is 0. The van der Waals surface area contributed by atoms with Crippen molar-refractivity contribution in [1.82, 2.24) is 0 Å². The van der Waals surface area contributed by atoms with E-state index in [1.165, 1.54) is 89.9 Å². The SMILES string of the molecule is CCCCCC/C=C/C(CCCCCCCCCC)C1OCCO1. The summed E-state index contributed by atoms with van der Waals surface area (Å²) in [6, 6.07) is 0. The van der Waals surface area contributed by atoms with Crippen LogP contribution in [0, 0.1) is 5.92 Å². The topological polar surface area (TPSA) is 18.5 Å². The van der Waals surface area contributed by atoms with E-state index >= 15 is 0 Å². The molecule has 1 aliphatic heterocycles. The third-order valence-corrected chi connectivity index (χ3v) is 5.00. The Bertz CT molecular complexity index is 282. The van der Waals surface area contributed by atoms with Gasteiger partial charge in [-0.05, 0) is 19.3 Å². The fourth-order valence-corrected chi connectivity index (χ4v) is 3.42. The number of hydrogen-bond acceptors (Lipinski definition) is 2. The standard InChI is InChI=1S/C22H42O2/c1-3-5-7-9-11-12-14-16-18-21(22-23-19-20-24-22)17-15-13-10-8-6-4-2/h15,17,21-22H,3-14,16,18-20H2,1-2H3/b17-15+. The average molecular weight is 339 g/mol. The van der Waals surface area contributed by atoms with Gasteiger partial charge in [-0.1, -0.05) is 96.6 Å². The predicted octanol–water partition coefficient (Wildman–Crippen LogP) is 7.03. The van der Waals surface area contributed by atoms with E-state index in [2.05, 4.69) is 26.0 Å². The van der Waals surface area contributed by atoms with E-state index < -0.39 is 0 Å². The van der Waals surface area contributed by atoms with Crippen molar-refractivity contribution in [2.24, 2.45) is 5.92 Å². The van der Waals surface area contributed by atoms with Gasteiger partial charge in [0.15, 0.2) is 6.29 Å². The van der Waals surface area contributed by atoms with Crippen LogP contribution in [0.15, 0.2) is 12.2 Å². The molecule has 0 N–H and O–H groups in total. The zero-order valence-electron chi connectivity index (χ0n) is 16.4. The van der Waals surface area contributed by atoms with Gasteiger partial charge in [-0.15, -0.1) is 0 Å². The second kappa shape index (κ2) is 16.1. The fraction of sp³-hybridized carbons (Fsp3) is 0.909. The normalized spacial score (nSPS) is 17.1. The van der Waals surface area contributed by atoms with Gasteiger partial charge in [0.05, 0.1) is 13.2 Å². The highest BCUT2D eigenvalue weighted by molar-refractivity contribution is 4.91. The lowest BCUT2D eigenvalue weighted by molar-refractivity contribution is -0.0725. The minimum absolute atomic E-state index is 0.0152. The summed E-state index contributed by atoms with van der Waals surface area (Å²) in [5, 5.41) is 0. The molecule has 2 nitrogen and oxygen atoms in total. The molecule has 1 saturated heterocycles. The van der Waals surface area contributed by atoms with Crippen LogP contribution in [0.1, 0.15) is 104 Å². The first-order valence-corrected chi connectivity index (χ1v) is 10.8. The summed E-state index contributed by atoms with van der Waals surface area (Å²) in [5.74, 6) is 0.457. The van der Waals surface area contributed by atoms with E-state index in [1.807, 2.05) is 0 Å². The van der Waals surface area contributed by atoms with Gasteiger partial charge in [-0.3, -0.25) is 0 Å². The van der Waals surface area contributed by atoms with Crippen LogP contribution < -0.4 is 0 Å². The number of allylic oxidation sites excluding steroid dienone is 1. The van der Waals surface area contributed by atoms with Crippen molar-refractivity contribution in [3.63, 3.8) is 0 Å². The van der Waals surface area contributed by atoms with Crippen molar-refractivity contribution in [1.29, 1.82) is 0 Å². The van der Waals surface area contributed by atoms with E-state index in [4.69, 9.17) is 9.47 Å². The second-order valence-electron chi connectivity index (χ2n) is 7.31. The van der Waals surface area contributed by atoms with Gasteiger partial charge < -0.3 is 9.47 Å². The van der Waals surface area contributed by atoms with Gasteiger partial charge >= 0.3 is 0 Å². The third kappa shape index (κ3) is 11.3. The fourth-order valence-electron chi connectivity index (χ4n) is 3.42. The van der Waals surface area contributed by atoms with Crippen LogP contribution >= 0.6 is 0 Å². The van der Waals surface area contributed by atoms with E-state index in [1.54, 1.807) is 0 Å². The molecule has 24 heavy (non-hydrogen) atoms. The zero-order valence-corrected chi connectivity index (χ0v) is 16.4. The van der Waals surface area contributed by atoms with Crippen molar-refractivity contribution in [3.8, 4) is 0 Å². The van der Waals surface area contributed by atoms with Gasteiger partial charge in [0.2, 0.25) is 0 Å². The minimum atomic E-state index is 0.0152. The highest BCUT2D eigenvalue weighted by Gasteiger charge is 2.24. The Hall–Kier alpha value is -0.340. The molecule has 0 aromatic rings. The minimum Gasteiger partial charge on any atom is -0.350 e. The highest BCUT2D eigenvalue weighted by Crippen LogP contribution is 2.23. The Morgan fingerprint density at radius 1 is 0.750 bits per heavy atom. The average Bonchev–Trinajstić information content (AvgIpc) is 3.12. The molecule has 0 aliphatic carbocycles. The molecule has 0 spiro atoms. The van der Waals surface area contributed by atoms with Crippen LogP contribution in [0.25, 0.3) is 0 Å². The van der Waals surface area contributed by atoms with E-state index in [0.29, 0.717) is 5.92 Å². The van der Waals surface area contributed by atoms with Crippen molar-refractivity contribution < 1.29 is 9.47 Å². The molecule has 1 aliphatic rings. The molecular weight excluding hydrogens is 296 g/mol. The number of ether oxygens (including phenoxy) is 2. The molecule has 1 atom stereocenters. The van der Waals surface area contributed by atoms with Gasteiger partial charge in [-0.2, -0.15) is 0 Å². The third-order valence-electron chi connectivity index (χ3n) is 5.00. The van der Waals surface area contributed by atoms with Gasteiger partial charge in [0.25, 0.3) is 0 Å². The molecule has 1 fully saturated rings. The molecule has 2 heteroatoms. The molecule has 1 unspecified atom stereocenters. The highest BCUT2D eigenvalue weighted by atomic mass is 16.7. The number of hydrogen-bond donors (Lipinski definition) is 0. The quantitative estimate of drug-likeness (QED) is 0.222. The largest absolute Gasteiger partial charge is 0.350 e. The van der Waals surface area contributed by atoms with Crippen LogP contribution in [-0.4, -0.2) is 19.5 Å². The van der Waals surface area contributed by atoms with Crippen molar-refractivity contribution in [2.45, 2.75) is 110 Å². The summed E-state index contributed by atoms with van der Waals surface area (Å²) in [5.41, 5.74) is 0. The molecule has 1 heterocycles. The molecule has 0 saturated carbocycles. The van der Waals surface area contributed by atoms with Crippen molar-refractivity contribution in [3.05, 3.63) is 12.2 Å². The Morgan fingerprint density at radius 2 is 1.29 bits per heavy atom. The second-order valence-corrected chi connectivity index (χ2v) is 7.31. The Labute approximate surface area is 151 Å². The van der Waals surface area contributed by atoms with Crippen LogP contribution in [0.2, 0.25) is 0 Å². The maximum atomic E-state index is 5.76. The van der Waals surface area contributed by atoms with Gasteiger partial charge in [0, 0.05) is 5.92 Å². The molecule has 0 amide bonds. The molecule has 1 rings (SSSR count). The molecule has 0 bridgehead atoms. The monoisotopic (exact) mass is 338 g/mol. The first-order valence-electron chi connectivity index (χ1n) is 10.8. The molecular formula is C22H42O2. The van der Waals surface area contributed by atoms with E-state index in [0.717, 1.165) is 13.2 Å². The first kappa shape index (κ1) is 21.7. The maximum Gasteiger partial charge on any atom is 0.163 e. The van der Waals surface area contributed by atoms with Crippen LogP contribution in [0.5, 0.6) is 0 Å². The van der Waals surface area contributed by atoms with Gasteiger partial charge in [-0.25, -0.2) is 0 Å². The molecule has 0 aromatic carbocycles. The summed E-state index contributed by atoms with van der Waals surface area (Å²) >= 11 is 0. The lowest BCUT2D eigenvalue weighted by Crippen LogP contribution is -2.19. The summed E-state index contributed by atoms with van der Waals surface area (Å²) in [6.07, 6.45) is 23.6. The summed E-state index contributed by atoms with van der Waals surface area (Å²) < 4.78 is 11.5. The van der Waals surface area contributed by atoms with Crippen molar-refractivity contribution in [2.75, 3.05) is 13.2 Å². The predicted molar refractivity (Wildman–Crippen MR) is 104 cm³/mol. The smallest absolute Gasteiger partial charge is 0.163 e. The summed E-state index contributed by atoms with van der Waals surface area (Å²) in [6.45, 7) is 6.08. The Morgan fingerprint density at radius 3 is 1.92 bits per heavy atom. The van der Waals surface area contributed by atoms with Crippen LogP contribution in [0.4, 0.5) is 0 Å². The number of unbranched alkanes of at least 4 members (excludes halogenated alkanes) is 11. The maximum absolute atomic E-state index is 5.76. The van der Waals surface area contributed by atoms with Crippen LogP contribution in [-0.2, 0) is 9.47 Å². The molecule has 0 radical (unpaired) electrons. The van der Waals surface area contributed by atoms with E-state index in [9.17, 15) is 0 Å². The van der Waals surface area contributed by atoms with Gasteiger partial charge in [0.1, 0.15) is 0 Å². The Balaban J connectivity index is 2.14. The molecule has 142 valence electrons.